The fourth-order valence-electron chi connectivity index (χ4n) is 2.15. The fourth-order valence-corrected chi connectivity index (χ4v) is 3.15. The van der Waals surface area contributed by atoms with E-state index in [-0.39, 0.29) is 0 Å². The largest absolute Gasteiger partial charge is 0.453 e. The topological polar surface area (TPSA) is 75.7 Å². The van der Waals surface area contributed by atoms with Crippen molar-refractivity contribution in [2.24, 2.45) is 0 Å². The maximum atomic E-state index is 11.7. The lowest BCUT2D eigenvalue weighted by atomic mass is 10.0. The first kappa shape index (κ1) is 13.7. The predicted molar refractivity (Wildman–Crippen MR) is 73.0 cm³/mol. The first-order chi connectivity index (χ1) is 8.91. The number of carbonyl (C=O) groups excluding carboxylic acids is 1. The van der Waals surface area contributed by atoms with Gasteiger partial charge in [0, 0.05) is 12.2 Å². The van der Waals surface area contributed by atoms with Gasteiger partial charge >= 0.3 is 6.09 Å². The molecule has 0 spiro atoms. The number of nitrogens with zero attached hydrogens (tertiary/aromatic N) is 1. The molecule has 1 heterocycles. The Morgan fingerprint density at radius 3 is 2.79 bits per heavy atom. The van der Waals surface area contributed by atoms with Gasteiger partial charge in [0.05, 0.1) is 19.1 Å². The van der Waals surface area contributed by atoms with Crippen molar-refractivity contribution in [3.05, 3.63) is 23.8 Å². The Morgan fingerprint density at radius 1 is 1.42 bits per heavy atom. The molecule has 1 aromatic rings. The number of amides is 1. The van der Waals surface area contributed by atoms with E-state index in [2.05, 4.69) is 10.1 Å². The summed E-state index contributed by atoms with van der Waals surface area (Å²) < 4.78 is 29.3. The lowest BCUT2D eigenvalue weighted by molar-refractivity contribution is 0.187. The van der Waals surface area contributed by atoms with E-state index >= 15 is 0 Å². The van der Waals surface area contributed by atoms with Crippen molar-refractivity contribution in [1.29, 1.82) is 0 Å². The molecule has 0 aromatic heterocycles. The quantitative estimate of drug-likeness (QED) is 0.894. The molecule has 0 fully saturated rings. The SMILES string of the molecule is COC(=O)Nc1ccc2c(c1)CCCN2S(C)(=O)=O. The van der Waals surface area contributed by atoms with E-state index in [0.29, 0.717) is 17.9 Å². The van der Waals surface area contributed by atoms with Crippen LogP contribution >= 0.6 is 0 Å². The summed E-state index contributed by atoms with van der Waals surface area (Å²) in [6.07, 6.45) is 2.21. The summed E-state index contributed by atoms with van der Waals surface area (Å²) in [5.41, 5.74) is 2.19. The molecule has 1 aromatic carbocycles. The summed E-state index contributed by atoms with van der Waals surface area (Å²) in [6, 6.07) is 5.16. The van der Waals surface area contributed by atoms with Crippen LogP contribution in [0.5, 0.6) is 0 Å². The van der Waals surface area contributed by atoms with Crippen LogP contribution in [-0.4, -0.2) is 34.4 Å². The zero-order chi connectivity index (χ0) is 14.0. The van der Waals surface area contributed by atoms with Gasteiger partial charge in [-0.3, -0.25) is 9.62 Å². The summed E-state index contributed by atoms with van der Waals surface area (Å²) in [6.45, 7) is 0.496. The lowest BCUT2D eigenvalue weighted by Crippen LogP contribution is -2.34. The molecule has 7 heteroatoms. The van der Waals surface area contributed by atoms with Gasteiger partial charge in [-0.1, -0.05) is 0 Å². The molecule has 1 aliphatic rings. The Hall–Kier alpha value is -1.76. The van der Waals surface area contributed by atoms with Crippen LogP contribution < -0.4 is 9.62 Å². The number of nitrogens with one attached hydrogen (secondary N) is 1. The highest BCUT2D eigenvalue weighted by Gasteiger charge is 2.24. The fraction of sp³-hybridized carbons (Fsp3) is 0.417. The Bertz CT molecular complexity index is 598. The van der Waals surface area contributed by atoms with Gasteiger partial charge < -0.3 is 4.74 Å². The molecule has 1 aliphatic heterocycles. The van der Waals surface area contributed by atoms with Gasteiger partial charge in [0.2, 0.25) is 10.0 Å². The van der Waals surface area contributed by atoms with Crippen molar-refractivity contribution >= 4 is 27.5 Å². The van der Waals surface area contributed by atoms with Crippen molar-refractivity contribution in [3.63, 3.8) is 0 Å². The average molecular weight is 284 g/mol. The highest BCUT2D eigenvalue weighted by Crippen LogP contribution is 2.31. The molecule has 0 bridgehead atoms. The van der Waals surface area contributed by atoms with Crippen LogP contribution in [-0.2, 0) is 21.2 Å². The summed E-state index contributed by atoms with van der Waals surface area (Å²) >= 11 is 0. The lowest BCUT2D eigenvalue weighted by Gasteiger charge is -2.29. The Kier molecular flexibility index (Phi) is 3.66. The number of ether oxygens (including phenoxy) is 1. The number of methoxy groups -OCH3 is 1. The van der Waals surface area contributed by atoms with E-state index in [9.17, 15) is 13.2 Å². The second kappa shape index (κ2) is 5.08. The second-order valence-corrected chi connectivity index (χ2v) is 6.31. The van der Waals surface area contributed by atoms with E-state index in [0.717, 1.165) is 18.4 Å². The van der Waals surface area contributed by atoms with Crippen LogP contribution in [0, 0.1) is 0 Å². The molecule has 0 radical (unpaired) electrons. The van der Waals surface area contributed by atoms with Crippen LogP contribution in [0.15, 0.2) is 18.2 Å². The Labute approximate surface area is 112 Å². The normalized spacial score (nSPS) is 14.7. The molecule has 104 valence electrons. The number of benzene rings is 1. The second-order valence-electron chi connectivity index (χ2n) is 4.40. The highest BCUT2D eigenvalue weighted by atomic mass is 32.2. The highest BCUT2D eigenvalue weighted by molar-refractivity contribution is 7.92. The number of hydrogen-bond donors (Lipinski definition) is 1. The van der Waals surface area contributed by atoms with Crippen molar-refractivity contribution < 1.29 is 17.9 Å². The molecule has 1 N–H and O–H groups in total. The number of sulfonamides is 1. The number of hydrogen-bond acceptors (Lipinski definition) is 4. The molecule has 6 nitrogen and oxygen atoms in total. The third kappa shape index (κ3) is 2.98. The zero-order valence-corrected chi connectivity index (χ0v) is 11.7. The summed E-state index contributed by atoms with van der Waals surface area (Å²) in [7, 11) is -1.97. The van der Waals surface area contributed by atoms with E-state index in [4.69, 9.17) is 0 Å². The van der Waals surface area contributed by atoms with E-state index in [1.807, 2.05) is 0 Å². The number of anilines is 2. The first-order valence-electron chi connectivity index (χ1n) is 5.87. The smallest absolute Gasteiger partial charge is 0.411 e. The zero-order valence-electron chi connectivity index (χ0n) is 10.8. The standard InChI is InChI=1S/C12H16N2O4S/c1-18-12(15)13-10-5-6-11-9(8-10)4-3-7-14(11)19(2,16)17/h5-6,8H,3-4,7H2,1-2H3,(H,13,15). The molecule has 2 rings (SSSR count). The minimum absolute atomic E-state index is 0.496. The Balaban J connectivity index is 2.33. The van der Waals surface area contributed by atoms with Crippen LogP contribution in [0.3, 0.4) is 0 Å². The molecular formula is C12H16N2O4S. The van der Waals surface area contributed by atoms with Gasteiger partial charge in [-0.15, -0.1) is 0 Å². The maximum Gasteiger partial charge on any atom is 0.411 e. The Morgan fingerprint density at radius 2 is 2.16 bits per heavy atom. The van der Waals surface area contributed by atoms with E-state index in [1.165, 1.54) is 17.7 Å². The van der Waals surface area contributed by atoms with E-state index < -0.39 is 16.1 Å². The maximum absolute atomic E-state index is 11.7. The third-order valence-corrected chi connectivity index (χ3v) is 4.17. The monoisotopic (exact) mass is 284 g/mol. The van der Waals surface area contributed by atoms with Crippen molar-refractivity contribution in [2.45, 2.75) is 12.8 Å². The number of carbonyl (C=O) groups is 1. The molecular weight excluding hydrogens is 268 g/mol. The molecule has 0 atom stereocenters. The van der Waals surface area contributed by atoms with Gasteiger partial charge in [0.1, 0.15) is 0 Å². The van der Waals surface area contributed by atoms with Gasteiger partial charge in [0.25, 0.3) is 0 Å². The van der Waals surface area contributed by atoms with Crippen molar-refractivity contribution in [1.82, 2.24) is 0 Å². The summed E-state index contributed by atoms with van der Waals surface area (Å²) in [5, 5.41) is 2.57. The van der Waals surface area contributed by atoms with Crippen LogP contribution in [0.4, 0.5) is 16.2 Å². The number of aryl methyl sites for hydroxylation is 1. The molecule has 0 unspecified atom stereocenters. The van der Waals surface area contributed by atoms with Crippen molar-refractivity contribution in [3.8, 4) is 0 Å². The van der Waals surface area contributed by atoms with Gasteiger partial charge in [0.15, 0.2) is 0 Å². The van der Waals surface area contributed by atoms with Gasteiger partial charge in [-0.25, -0.2) is 13.2 Å². The van der Waals surface area contributed by atoms with Crippen LogP contribution in [0.2, 0.25) is 0 Å². The molecule has 1 amide bonds. The summed E-state index contributed by atoms with van der Waals surface area (Å²) in [5.74, 6) is 0. The van der Waals surface area contributed by atoms with Crippen LogP contribution in [0.25, 0.3) is 0 Å². The predicted octanol–water partition coefficient (Wildman–Crippen LogP) is 1.58. The summed E-state index contributed by atoms with van der Waals surface area (Å²) in [4.78, 5) is 11.1. The minimum Gasteiger partial charge on any atom is -0.453 e. The molecule has 0 saturated heterocycles. The molecule has 0 saturated carbocycles. The van der Waals surface area contributed by atoms with Crippen LogP contribution in [0.1, 0.15) is 12.0 Å². The van der Waals surface area contributed by atoms with Crippen molar-refractivity contribution in [2.75, 3.05) is 29.5 Å². The van der Waals surface area contributed by atoms with Gasteiger partial charge in [-0.05, 0) is 36.6 Å². The van der Waals surface area contributed by atoms with Gasteiger partial charge in [-0.2, -0.15) is 0 Å². The molecule has 19 heavy (non-hydrogen) atoms. The molecule has 0 aliphatic carbocycles. The minimum atomic E-state index is -3.26. The average Bonchev–Trinajstić information content (AvgIpc) is 2.36. The number of fused-ring (bicyclic) bond motifs is 1. The number of rotatable bonds is 2. The van der Waals surface area contributed by atoms with E-state index in [1.54, 1.807) is 18.2 Å². The first-order valence-corrected chi connectivity index (χ1v) is 7.72. The third-order valence-electron chi connectivity index (χ3n) is 2.99.